The van der Waals surface area contributed by atoms with E-state index in [-0.39, 0.29) is 24.0 Å². The maximum Gasteiger partial charge on any atom is 0.213 e. The molecule has 118 valence electrons. The average molecular weight is 412 g/mol. The molecule has 0 aliphatic rings. The Kier molecular flexibility index (Phi) is 8.27. The van der Waals surface area contributed by atoms with Crippen molar-refractivity contribution in [1.29, 1.82) is 0 Å². The van der Waals surface area contributed by atoms with Gasteiger partial charge in [0.05, 0.1) is 19.3 Å². The predicted molar refractivity (Wildman–Crippen MR) is 99.7 cm³/mol. The minimum Gasteiger partial charge on any atom is -0.481 e. The molecule has 0 unspecified atom stereocenters. The van der Waals surface area contributed by atoms with E-state index >= 15 is 0 Å². The van der Waals surface area contributed by atoms with Crippen molar-refractivity contribution >= 4 is 29.9 Å². The summed E-state index contributed by atoms with van der Waals surface area (Å²) in [7, 11) is 1.59. The van der Waals surface area contributed by atoms with E-state index in [2.05, 4.69) is 27.4 Å². The van der Waals surface area contributed by atoms with Crippen molar-refractivity contribution in [3.05, 3.63) is 59.8 Å². The molecule has 0 spiro atoms. The second kappa shape index (κ2) is 9.99. The first kappa shape index (κ1) is 18.2. The quantitative estimate of drug-likeness (QED) is 0.434. The maximum absolute atomic E-state index is 5.84. The molecule has 3 N–H and O–H groups in total. The van der Waals surface area contributed by atoms with Gasteiger partial charge in [0, 0.05) is 12.6 Å². The fraction of sp³-hybridized carbons (Fsp3) is 0.250. The summed E-state index contributed by atoms with van der Waals surface area (Å²) in [5.74, 6) is 1.01. The molecule has 0 amide bonds. The molecular weight excluding hydrogens is 391 g/mol. The molecule has 1 aromatic carbocycles. The van der Waals surface area contributed by atoms with Crippen molar-refractivity contribution in [2.45, 2.75) is 13.0 Å². The Morgan fingerprint density at radius 2 is 1.95 bits per heavy atom. The van der Waals surface area contributed by atoms with Gasteiger partial charge in [-0.05, 0) is 18.1 Å². The summed E-state index contributed by atoms with van der Waals surface area (Å²) in [6.07, 6.45) is 0.911. The van der Waals surface area contributed by atoms with E-state index in [1.54, 1.807) is 13.2 Å². The maximum atomic E-state index is 5.84. The van der Waals surface area contributed by atoms with Crippen LogP contribution >= 0.6 is 24.0 Å². The van der Waals surface area contributed by atoms with Gasteiger partial charge < -0.3 is 15.8 Å². The highest BCUT2D eigenvalue weighted by Gasteiger charge is 1.98. The van der Waals surface area contributed by atoms with Crippen molar-refractivity contribution in [1.82, 2.24) is 10.3 Å². The van der Waals surface area contributed by atoms with Crippen LogP contribution in [0.25, 0.3) is 0 Å². The number of hydrogen-bond donors (Lipinski definition) is 2. The molecule has 0 fully saturated rings. The molecule has 6 heteroatoms. The minimum atomic E-state index is 0. The zero-order valence-corrected chi connectivity index (χ0v) is 14.9. The number of ether oxygens (including phenoxy) is 1. The molecule has 1 aromatic heterocycles. The predicted octanol–water partition coefficient (Wildman–Crippen LogP) is 2.36. The molecule has 0 saturated heterocycles. The van der Waals surface area contributed by atoms with Crippen LogP contribution in [-0.2, 0) is 13.0 Å². The van der Waals surface area contributed by atoms with Gasteiger partial charge in [-0.25, -0.2) is 9.98 Å². The van der Waals surface area contributed by atoms with Gasteiger partial charge in [-0.1, -0.05) is 36.4 Å². The first-order valence-corrected chi connectivity index (χ1v) is 6.85. The zero-order valence-electron chi connectivity index (χ0n) is 12.5. The Morgan fingerprint density at radius 1 is 1.18 bits per heavy atom. The van der Waals surface area contributed by atoms with Crippen LogP contribution in [0, 0.1) is 0 Å². The van der Waals surface area contributed by atoms with Crippen LogP contribution in [0.4, 0.5) is 0 Å². The van der Waals surface area contributed by atoms with Gasteiger partial charge in [0.2, 0.25) is 5.88 Å². The van der Waals surface area contributed by atoms with E-state index in [1.807, 2.05) is 30.3 Å². The number of guanidine groups is 1. The topological polar surface area (TPSA) is 72.5 Å². The first-order chi connectivity index (χ1) is 10.3. The van der Waals surface area contributed by atoms with Gasteiger partial charge in [0.25, 0.3) is 0 Å². The van der Waals surface area contributed by atoms with Crippen LogP contribution in [0.2, 0.25) is 0 Å². The molecule has 0 radical (unpaired) electrons. The first-order valence-electron chi connectivity index (χ1n) is 6.85. The SMILES string of the molecule is COc1cccc(CN=C(N)NCCc2ccccc2)n1.I. The number of rotatable bonds is 6. The lowest BCUT2D eigenvalue weighted by molar-refractivity contribution is 0.396. The number of halogens is 1. The van der Waals surface area contributed by atoms with Crippen LogP contribution in [0.1, 0.15) is 11.3 Å². The standard InChI is InChI=1S/C16H20N4O.HI/c1-21-15-9-5-8-14(20-15)12-19-16(17)18-11-10-13-6-3-2-4-7-13;/h2-9H,10-12H2,1H3,(H3,17,18,19);1H. The van der Waals surface area contributed by atoms with Crippen molar-refractivity contribution in [3.63, 3.8) is 0 Å². The molecule has 5 nitrogen and oxygen atoms in total. The number of benzene rings is 1. The summed E-state index contributed by atoms with van der Waals surface area (Å²) >= 11 is 0. The van der Waals surface area contributed by atoms with Crippen LogP contribution in [-0.4, -0.2) is 24.6 Å². The van der Waals surface area contributed by atoms with Gasteiger partial charge in [-0.2, -0.15) is 0 Å². The molecule has 0 aliphatic carbocycles. The van der Waals surface area contributed by atoms with Gasteiger partial charge in [0.15, 0.2) is 5.96 Å². The van der Waals surface area contributed by atoms with Crippen molar-refractivity contribution in [2.75, 3.05) is 13.7 Å². The molecular formula is C16H21IN4O. The number of pyridine rings is 1. The highest BCUT2D eigenvalue weighted by molar-refractivity contribution is 14.0. The lowest BCUT2D eigenvalue weighted by atomic mass is 10.1. The fourth-order valence-electron chi connectivity index (χ4n) is 1.86. The molecule has 22 heavy (non-hydrogen) atoms. The average Bonchev–Trinajstić information content (AvgIpc) is 2.54. The summed E-state index contributed by atoms with van der Waals surface area (Å²) in [6.45, 7) is 1.19. The van der Waals surface area contributed by atoms with Crippen molar-refractivity contribution in [3.8, 4) is 5.88 Å². The summed E-state index contributed by atoms with van der Waals surface area (Å²) < 4.78 is 5.07. The monoisotopic (exact) mass is 412 g/mol. The number of methoxy groups -OCH3 is 1. The Bertz CT molecular complexity index is 590. The molecule has 0 aliphatic heterocycles. The normalized spacial score (nSPS) is 10.7. The summed E-state index contributed by atoms with van der Waals surface area (Å²) in [4.78, 5) is 8.54. The molecule has 1 heterocycles. The minimum absolute atomic E-state index is 0. The van der Waals surface area contributed by atoms with Gasteiger partial charge in [-0.15, -0.1) is 24.0 Å². The number of nitrogens with zero attached hydrogens (tertiary/aromatic N) is 2. The summed E-state index contributed by atoms with van der Waals surface area (Å²) in [5.41, 5.74) is 7.93. The zero-order chi connectivity index (χ0) is 14.9. The number of aliphatic imine (C=N–C) groups is 1. The highest BCUT2D eigenvalue weighted by Crippen LogP contribution is 2.07. The van der Waals surface area contributed by atoms with Crippen molar-refractivity contribution in [2.24, 2.45) is 10.7 Å². The van der Waals surface area contributed by atoms with Crippen LogP contribution < -0.4 is 15.8 Å². The number of nitrogens with two attached hydrogens (primary N) is 1. The number of nitrogens with one attached hydrogen (secondary N) is 1. The van der Waals surface area contributed by atoms with E-state index in [4.69, 9.17) is 10.5 Å². The van der Waals surface area contributed by atoms with Crippen molar-refractivity contribution < 1.29 is 4.74 Å². The van der Waals surface area contributed by atoms with Gasteiger partial charge >= 0.3 is 0 Å². The Labute approximate surface area is 148 Å². The largest absolute Gasteiger partial charge is 0.481 e. The Morgan fingerprint density at radius 3 is 2.68 bits per heavy atom. The van der Waals surface area contributed by atoms with E-state index in [1.165, 1.54) is 5.56 Å². The Balaban J connectivity index is 0.00000242. The third kappa shape index (κ3) is 6.30. The summed E-state index contributed by atoms with van der Waals surface area (Å²) in [6, 6.07) is 15.8. The highest BCUT2D eigenvalue weighted by atomic mass is 127. The Hall–Kier alpha value is -1.83. The molecule has 0 atom stereocenters. The van der Waals surface area contributed by atoms with Crippen LogP contribution in [0.3, 0.4) is 0 Å². The molecule has 2 rings (SSSR count). The summed E-state index contributed by atoms with van der Waals surface area (Å²) in [5, 5.41) is 3.10. The van der Waals surface area contributed by atoms with E-state index in [0.29, 0.717) is 18.4 Å². The van der Waals surface area contributed by atoms with Crippen LogP contribution in [0.5, 0.6) is 5.88 Å². The lowest BCUT2D eigenvalue weighted by Gasteiger charge is -2.06. The number of hydrogen-bond acceptors (Lipinski definition) is 3. The fourth-order valence-corrected chi connectivity index (χ4v) is 1.86. The van der Waals surface area contributed by atoms with Crippen LogP contribution in [0.15, 0.2) is 53.5 Å². The second-order valence-corrected chi connectivity index (χ2v) is 4.54. The van der Waals surface area contributed by atoms with Gasteiger partial charge in [-0.3, -0.25) is 0 Å². The second-order valence-electron chi connectivity index (χ2n) is 4.54. The molecule has 0 bridgehead atoms. The van der Waals surface area contributed by atoms with E-state index in [0.717, 1.165) is 18.7 Å². The molecule has 0 saturated carbocycles. The third-order valence-electron chi connectivity index (χ3n) is 2.96. The number of aromatic nitrogens is 1. The third-order valence-corrected chi connectivity index (χ3v) is 2.96. The smallest absolute Gasteiger partial charge is 0.213 e. The lowest BCUT2D eigenvalue weighted by Crippen LogP contribution is -2.33. The molecule has 2 aromatic rings. The van der Waals surface area contributed by atoms with E-state index < -0.39 is 0 Å². The van der Waals surface area contributed by atoms with E-state index in [9.17, 15) is 0 Å². The van der Waals surface area contributed by atoms with Gasteiger partial charge in [0.1, 0.15) is 0 Å².